The van der Waals surface area contributed by atoms with Gasteiger partial charge in [0.2, 0.25) is 0 Å². The van der Waals surface area contributed by atoms with Gasteiger partial charge in [-0.25, -0.2) is 9.18 Å². The standard InChI is InChI=1S/C22H24ClFN2O3/c1-15-8-10-25(11-9-15)22(29)26(18-6-7-20(24)19(23)12-18)13-16-2-4-17(5-3-16)21(28)14-27/h2-7,12,15,27H,8-11,13-14H2,1H3. The molecular formula is C22H24ClFN2O3. The van der Waals surface area contributed by atoms with Crippen LogP contribution in [0.5, 0.6) is 0 Å². The molecule has 0 radical (unpaired) electrons. The van der Waals surface area contributed by atoms with Gasteiger partial charge in [-0.3, -0.25) is 9.69 Å². The van der Waals surface area contributed by atoms with Crippen molar-refractivity contribution >= 4 is 29.1 Å². The van der Waals surface area contributed by atoms with Crippen LogP contribution in [0.15, 0.2) is 42.5 Å². The molecule has 0 bridgehead atoms. The summed E-state index contributed by atoms with van der Waals surface area (Å²) in [6.07, 6.45) is 1.89. The highest BCUT2D eigenvalue weighted by Crippen LogP contribution is 2.27. The molecule has 2 aromatic carbocycles. The van der Waals surface area contributed by atoms with E-state index in [1.54, 1.807) is 34.1 Å². The second-order valence-corrected chi connectivity index (χ2v) is 7.82. The maximum Gasteiger partial charge on any atom is 0.324 e. The number of aliphatic hydroxyl groups is 1. The molecule has 1 aliphatic heterocycles. The number of anilines is 1. The van der Waals surface area contributed by atoms with Gasteiger partial charge in [-0.05, 0) is 42.5 Å². The van der Waals surface area contributed by atoms with Gasteiger partial charge < -0.3 is 10.0 Å². The fourth-order valence-corrected chi connectivity index (χ4v) is 3.54. The number of hydrogen-bond donors (Lipinski definition) is 1. The van der Waals surface area contributed by atoms with E-state index >= 15 is 0 Å². The van der Waals surface area contributed by atoms with Gasteiger partial charge in [0, 0.05) is 24.3 Å². The van der Waals surface area contributed by atoms with Crippen molar-refractivity contribution in [3.05, 3.63) is 64.4 Å². The quantitative estimate of drug-likeness (QED) is 0.726. The van der Waals surface area contributed by atoms with Crippen molar-refractivity contribution in [2.75, 3.05) is 24.6 Å². The second-order valence-electron chi connectivity index (χ2n) is 7.41. The minimum absolute atomic E-state index is 0.0449. The number of aliphatic hydroxyl groups excluding tert-OH is 1. The summed E-state index contributed by atoms with van der Waals surface area (Å²) in [5.41, 5.74) is 1.72. The SMILES string of the molecule is CC1CCN(C(=O)N(Cc2ccc(C(=O)CO)cc2)c2ccc(F)c(Cl)c2)CC1. The molecule has 3 rings (SSSR count). The maximum absolute atomic E-state index is 13.6. The van der Waals surface area contributed by atoms with Crippen LogP contribution in [-0.4, -0.2) is 41.5 Å². The van der Waals surface area contributed by atoms with Crippen LogP contribution in [-0.2, 0) is 6.54 Å². The molecule has 0 atom stereocenters. The van der Waals surface area contributed by atoms with Gasteiger partial charge in [0.15, 0.2) is 5.78 Å². The first-order chi connectivity index (χ1) is 13.9. The van der Waals surface area contributed by atoms with Crippen LogP contribution in [0.1, 0.15) is 35.7 Å². The zero-order valence-electron chi connectivity index (χ0n) is 16.3. The van der Waals surface area contributed by atoms with E-state index in [1.165, 1.54) is 18.2 Å². The van der Waals surface area contributed by atoms with E-state index in [-0.39, 0.29) is 23.4 Å². The number of benzene rings is 2. The lowest BCUT2D eigenvalue weighted by Crippen LogP contribution is -2.46. The highest BCUT2D eigenvalue weighted by molar-refractivity contribution is 6.31. The molecular weight excluding hydrogens is 395 g/mol. The fraction of sp³-hybridized carbons (Fsp3) is 0.364. The van der Waals surface area contributed by atoms with Gasteiger partial charge in [0.05, 0.1) is 11.6 Å². The normalized spacial score (nSPS) is 14.7. The molecule has 0 saturated carbocycles. The fourth-order valence-electron chi connectivity index (χ4n) is 3.36. The molecule has 0 aliphatic carbocycles. The summed E-state index contributed by atoms with van der Waals surface area (Å²) in [6.45, 7) is 3.23. The molecule has 0 spiro atoms. The Morgan fingerprint density at radius 3 is 2.41 bits per heavy atom. The van der Waals surface area contributed by atoms with Gasteiger partial charge in [-0.2, -0.15) is 0 Å². The Morgan fingerprint density at radius 1 is 1.17 bits per heavy atom. The number of ketones is 1. The van der Waals surface area contributed by atoms with Crippen LogP contribution >= 0.6 is 11.6 Å². The van der Waals surface area contributed by atoms with E-state index in [0.29, 0.717) is 30.3 Å². The van der Waals surface area contributed by atoms with Gasteiger partial charge in [0.1, 0.15) is 12.4 Å². The summed E-state index contributed by atoms with van der Waals surface area (Å²) in [7, 11) is 0. The molecule has 7 heteroatoms. The van der Waals surface area contributed by atoms with Gasteiger partial charge >= 0.3 is 6.03 Å². The van der Waals surface area contributed by atoms with Crippen molar-refractivity contribution in [2.45, 2.75) is 26.3 Å². The third-order valence-electron chi connectivity index (χ3n) is 5.26. The Morgan fingerprint density at radius 2 is 1.83 bits per heavy atom. The number of nitrogens with zero attached hydrogens (tertiary/aromatic N) is 2. The topological polar surface area (TPSA) is 60.9 Å². The Bertz CT molecular complexity index is 880. The highest BCUT2D eigenvalue weighted by atomic mass is 35.5. The molecule has 5 nitrogen and oxygen atoms in total. The third kappa shape index (κ3) is 5.14. The number of carbonyl (C=O) groups is 2. The highest BCUT2D eigenvalue weighted by Gasteiger charge is 2.26. The lowest BCUT2D eigenvalue weighted by atomic mass is 9.99. The summed E-state index contributed by atoms with van der Waals surface area (Å²) < 4.78 is 13.6. The van der Waals surface area contributed by atoms with Crippen molar-refractivity contribution in [2.24, 2.45) is 5.92 Å². The minimum Gasteiger partial charge on any atom is -0.388 e. The number of urea groups is 1. The molecule has 1 saturated heterocycles. The number of piperidine rings is 1. The lowest BCUT2D eigenvalue weighted by Gasteiger charge is -2.35. The van der Waals surface area contributed by atoms with Crippen LogP contribution in [0, 0.1) is 11.7 Å². The smallest absolute Gasteiger partial charge is 0.324 e. The average molecular weight is 419 g/mol. The molecule has 0 unspecified atom stereocenters. The Labute approximate surface area is 174 Å². The first kappa shape index (κ1) is 21.3. The summed E-state index contributed by atoms with van der Waals surface area (Å²) >= 11 is 5.95. The Kier molecular flexibility index (Phi) is 6.87. The van der Waals surface area contributed by atoms with Crippen LogP contribution < -0.4 is 4.90 Å². The van der Waals surface area contributed by atoms with Crippen molar-refractivity contribution in [3.63, 3.8) is 0 Å². The summed E-state index contributed by atoms with van der Waals surface area (Å²) in [6, 6.07) is 10.8. The van der Waals surface area contributed by atoms with Crippen LogP contribution in [0.3, 0.4) is 0 Å². The molecule has 154 valence electrons. The van der Waals surface area contributed by atoms with Crippen molar-refractivity contribution in [1.82, 2.24) is 4.90 Å². The molecule has 1 aliphatic rings. The number of rotatable bonds is 5. The Hall–Kier alpha value is -2.44. The minimum atomic E-state index is -0.550. The first-order valence-electron chi connectivity index (χ1n) is 9.63. The molecule has 1 heterocycles. The summed E-state index contributed by atoms with van der Waals surface area (Å²) in [4.78, 5) is 28.2. The summed E-state index contributed by atoms with van der Waals surface area (Å²) in [5.74, 6) is -0.317. The van der Waals surface area contributed by atoms with E-state index in [2.05, 4.69) is 6.92 Å². The lowest BCUT2D eigenvalue weighted by molar-refractivity contribution is 0.0903. The van der Waals surface area contributed by atoms with Crippen molar-refractivity contribution in [3.8, 4) is 0 Å². The second kappa shape index (κ2) is 9.37. The third-order valence-corrected chi connectivity index (χ3v) is 5.55. The first-order valence-corrected chi connectivity index (χ1v) is 10.0. The van der Waals surface area contributed by atoms with E-state index in [0.717, 1.165) is 18.4 Å². The number of likely N-dealkylation sites (tertiary alicyclic amines) is 1. The molecule has 1 fully saturated rings. The molecule has 2 amide bonds. The summed E-state index contributed by atoms with van der Waals surface area (Å²) in [5, 5.41) is 8.94. The number of carbonyl (C=O) groups excluding carboxylic acids is 2. The molecule has 29 heavy (non-hydrogen) atoms. The van der Waals surface area contributed by atoms with Crippen LogP contribution in [0.4, 0.5) is 14.9 Å². The van der Waals surface area contributed by atoms with Crippen LogP contribution in [0.2, 0.25) is 5.02 Å². The predicted octanol–water partition coefficient (Wildman–Crippen LogP) is 4.51. The van der Waals surface area contributed by atoms with E-state index < -0.39 is 12.4 Å². The Balaban J connectivity index is 1.87. The molecule has 0 aromatic heterocycles. The molecule has 1 N–H and O–H groups in total. The van der Waals surface area contributed by atoms with Gasteiger partial charge in [-0.1, -0.05) is 42.8 Å². The monoisotopic (exact) mass is 418 g/mol. The van der Waals surface area contributed by atoms with Crippen molar-refractivity contribution in [1.29, 1.82) is 0 Å². The largest absolute Gasteiger partial charge is 0.388 e. The number of halogens is 2. The number of amides is 2. The van der Waals surface area contributed by atoms with E-state index in [4.69, 9.17) is 16.7 Å². The van der Waals surface area contributed by atoms with Crippen LogP contribution in [0.25, 0.3) is 0 Å². The zero-order chi connectivity index (χ0) is 21.0. The van der Waals surface area contributed by atoms with Gasteiger partial charge in [-0.15, -0.1) is 0 Å². The van der Waals surface area contributed by atoms with E-state index in [9.17, 15) is 14.0 Å². The number of hydrogen-bond acceptors (Lipinski definition) is 3. The zero-order valence-corrected chi connectivity index (χ0v) is 17.0. The predicted molar refractivity (Wildman–Crippen MR) is 111 cm³/mol. The molecule has 2 aromatic rings. The van der Waals surface area contributed by atoms with E-state index in [1.807, 2.05) is 0 Å². The van der Waals surface area contributed by atoms with Gasteiger partial charge in [0.25, 0.3) is 0 Å². The van der Waals surface area contributed by atoms with Crippen molar-refractivity contribution < 1.29 is 19.1 Å². The maximum atomic E-state index is 13.6. The average Bonchev–Trinajstić information content (AvgIpc) is 2.74. The number of Topliss-reactive ketones (excluding diaryl/α,β-unsaturated/α-hetero) is 1.